The summed E-state index contributed by atoms with van der Waals surface area (Å²) >= 11 is 0. The lowest BCUT2D eigenvalue weighted by Crippen LogP contribution is -2.50. The van der Waals surface area contributed by atoms with Crippen molar-refractivity contribution in [3.63, 3.8) is 0 Å². The van der Waals surface area contributed by atoms with Crippen LogP contribution in [-0.4, -0.2) is 96.5 Å². The highest BCUT2D eigenvalue weighted by molar-refractivity contribution is 6.35. The fourth-order valence-corrected chi connectivity index (χ4v) is 4.69. The molecule has 2 saturated heterocycles. The van der Waals surface area contributed by atoms with Crippen molar-refractivity contribution in [2.24, 2.45) is 0 Å². The quantitative estimate of drug-likeness (QED) is 0.667. The molecular weight excluding hydrogens is 408 g/mol. The Kier molecular flexibility index (Phi) is 6.50. The number of amides is 3. The van der Waals surface area contributed by atoms with Crippen molar-refractivity contribution in [2.45, 2.75) is 32.7 Å². The highest BCUT2D eigenvalue weighted by Gasteiger charge is 2.46. The maximum atomic E-state index is 13.7. The van der Waals surface area contributed by atoms with Gasteiger partial charge in [-0.3, -0.25) is 14.5 Å². The third-order valence-electron chi connectivity index (χ3n) is 6.61. The van der Waals surface area contributed by atoms with Gasteiger partial charge in [0.05, 0.1) is 12.2 Å². The van der Waals surface area contributed by atoms with E-state index in [1.165, 1.54) is 4.90 Å². The van der Waals surface area contributed by atoms with Gasteiger partial charge in [0.1, 0.15) is 5.70 Å². The number of aryl methyl sites for hydroxylation is 1. The van der Waals surface area contributed by atoms with Crippen molar-refractivity contribution in [3.05, 3.63) is 41.1 Å². The first-order valence-corrected chi connectivity index (χ1v) is 11.4. The monoisotopic (exact) mass is 440 g/mol. The molecule has 0 unspecified atom stereocenters. The fraction of sp³-hybridized carbons (Fsp3) is 0.542. The molecule has 8 nitrogen and oxygen atoms in total. The number of rotatable bonds is 4. The van der Waals surface area contributed by atoms with Crippen LogP contribution in [0.15, 0.2) is 30.0 Å². The average molecular weight is 441 g/mol. The van der Waals surface area contributed by atoms with E-state index in [2.05, 4.69) is 16.8 Å². The summed E-state index contributed by atoms with van der Waals surface area (Å²) < 4.78 is 5.09. The number of benzene rings is 1. The molecule has 0 radical (unpaired) electrons. The molecule has 0 bridgehead atoms. The molecule has 1 aromatic rings. The Morgan fingerprint density at radius 2 is 1.59 bits per heavy atom. The first kappa shape index (κ1) is 22.3. The van der Waals surface area contributed by atoms with E-state index in [4.69, 9.17) is 4.74 Å². The number of ether oxygens (including phenoxy) is 1. The molecule has 0 N–H and O–H groups in total. The van der Waals surface area contributed by atoms with Gasteiger partial charge in [-0.1, -0.05) is 29.8 Å². The van der Waals surface area contributed by atoms with Gasteiger partial charge in [0, 0.05) is 45.3 Å². The smallest absolute Gasteiger partial charge is 0.409 e. The predicted octanol–water partition coefficient (Wildman–Crippen LogP) is 1.94. The fourth-order valence-electron chi connectivity index (χ4n) is 4.69. The van der Waals surface area contributed by atoms with Gasteiger partial charge in [-0.15, -0.1) is 0 Å². The SMILES string of the molecule is CCOC(=O)N1CCC(N2C(=O)C(c3ccc(C)cc3)=C(N3CCN(C)CC3)C2=O)CC1. The molecule has 3 aliphatic rings. The lowest BCUT2D eigenvalue weighted by atomic mass is 10.0. The van der Waals surface area contributed by atoms with Crippen LogP contribution in [0.4, 0.5) is 4.79 Å². The zero-order chi connectivity index (χ0) is 22.8. The number of likely N-dealkylation sites (tertiary alicyclic amines) is 1. The van der Waals surface area contributed by atoms with Crippen molar-refractivity contribution in [1.82, 2.24) is 19.6 Å². The maximum absolute atomic E-state index is 13.7. The number of hydrogen-bond donors (Lipinski definition) is 0. The van der Waals surface area contributed by atoms with Gasteiger partial charge in [0.2, 0.25) is 0 Å². The van der Waals surface area contributed by atoms with Crippen LogP contribution >= 0.6 is 0 Å². The number of piperazine rings is 1. The van der Waals surface area contributed by atoms with Crippen LogP contribution in [0.5, 0.6) is 0 Å². The Balaban J connectivity index is 1.59. The van der Waals surface area contributed by atoms with E-state index >= 15 is 0 Å². The highest BCUT2D eigenvalue weighted by atomic mass is 16.6. The standard InChI is InChI=1S/C24H32N4O4/c1-4-32-24(31)27-11-9-19(10-12-27)28-22(29)20(18-7-5-17(2)6-8-18)21(23(28)30)26-15-13-25(3)14-16-26/h5-8,19H,4,9-16H2,1-3H3. The molecule has 0 spiro atoms. The Bertz CT molecular complexity index is 910. The lowest BCUT2D eigenvalue weighted by molar-refractivity contribution is -0.141. The normalized spacial score (nSPS) is 21.0. The first-order chi connectivity index (χ1) is 15.4. The van der Waals surface area contributed by atoms with E-state index in [-0.39, 0.29) is 23.9 Å². The van der Waals surface area contributed by atoms with Gasteiger partial charge in [-0.2, -0.15) is 0 Å². The number of imide groups is 1. The van der Waals surface area contributed by atoms with Crippen molar-refractivity contribution >= 4 is 23.5 Å². The highest BCUT2D eigenvalue weighted by Crippen LogP contribution is 2.35. The van der Waals surface area contributed by atoms with E-state index in [1.54, 1.807) is 11.8 Å². The number of likely N-dealkylation sites (N-methyl/N-ethyl adjacent to an activating group) is 1. The number of carbonyl (C=O) groups is 3. The zero-order valence-corrected chi connectivity index (χ0v) is 19.2. The summed E-state index contributed by atoms with van der Waals surface area (Å²) in [6.07, 6.45) is 0.794. The molecule has 0 atom stereocenters. The van der Waals surface area contributed by atoms with Crippen LogP contribution in [0.3, 0.4) is 0 Å². The van der Waals surface area contributed by atoms with Crippen molar-refractivity contribution < 1.29 is 19.1 Å². The van der Waals surface area contributed by atoms with Gasteiger partial charge in [-0.25, -0.2) is 4.79 Å². The van der Waals surface area contributed by atoms with Crippen LogP contribution in [0.25, 0.3) is 5.57 Å². The van der Waals surface area contributed by atoms with Gasteiger partial charge in [0.15, 0.2) is 0 Å². The molecule has 172 valence electrons. The summed E-state index contributed by atoms with van der Waals surface area (Å²) in [6, 6.07) is 7.59. The second-order valence-electron chi connectivity index (χ2n) is 8.78. The number of nitrogens with zero attached hydrogens (tertiary/aromatic N) is 4. The Hall–Kier alpha value is -2.87. The summed E-state index contributed by atoms with van der Waals surface area (Å²) in [4.78, 5) is 46.7. The summed E-state index contributed by atoms with van der Waals surface area (Å²) in [5.74, 6) is -0.424. The summed E-state index contributed by atoms with van der Waals surface area (Å²) in [7, 11) is 2.07. The first-order valence-electron chi connectivity index (χ1n) is 11.4. The molecule has 1 aromatic carbocycles. The van der Waals surface area contributed by atoms with Gasteiger partial charge in [-0.05, 0) is 39.3 Å². The second-order valence-corrected chi connectivity index (χ2v) is 8.78. The molecule has 8 heteroatoms. The van der Waals surface area contributed by atoms with E-state index in [9.17, 15) is 14.4 Å². The molecule has 3 heterocycles. The van der Waals surface area contributed by atoms with Crippen LogP contribution in [0.1, 0.15) is 30.9 Å². The van der Waals surface area contributed by atoms with E-state index < -0.39 is 0 Å². The number of carbonyl (C=O) groups excluding carboxylic acids is 3. The second kappa shape index (κ2) is 9.32. The summed E-state index contributed by atoms with van der Waals surface area (Å²) in [5.41, 5.74) is 2.93. The summed E-state index contributed by atoms with van der Waals surface area (Å²) in [5, 5.41) is 0. The molecule has 2 fully saturated rings. The molecule has 0 saturated carbocycles. The summed E-state index contributed by atoms with van der Waals surface area (Å²) in [6.45, 7) is 8.21. The van der Waals surface area contributed by atoms with E-state index in [1.807, 2.05) is 31.2 Å². The third-order valence-corrected chi connectivity index (χ3v) is 6.61. The van der Waals surface area contributed by atoms with Crippen molar-refractivity contribution in [1.29, 1.82) is 0 Å². The average Bonchev–Trinajstić information content (AvgIpc) is 3.05. The lowest BCUT2D eigenvalue weighted by Gasteiger charge is -2.37. The van der Waals surface area contributed by atoms with Gasteiger partial charge < -0.3 is 19.4 Å². The minimum atomic E-state index is -0.332. The topological polar surface area (TPSA) is 73.4 Å². The molecule has 0 aliphatic carbocycles. The Morgan fingerprint density at radius 3 is 2.19 bits per heavy atom. The van der Waals surface area contributed by atoms with E-state index in [0.717, 1.165) is 37.3 Å². The third kappa shape index (κ3) is 4.24. The molecule has 4 rings (SSSR count). The zero-order valence-electron chi connectivity index (χ0n) is 19.2. The maximum Gasteiger partial charge on any atom is 0.409 e. The largest absolute Gasteiger partial charge is 0.450 e. The Morgan fingerprint density at radius 1 is 0.969 bits per heavy atom. The van der Waals surface area contributed by atoms with Gasteiger partial charge >= 0.3 is 6.09 Å². The number of hydrogen-bond acceptors (Lipinski definition) is 6. The van der Waals surface area contributed by atoms with Crippen LogP contribution in [0.2, 0.25) is 0 Å². The van der Waals surface area contributed by atoms with Crippen molar-refractivity contribution in [2.75, 3.05) is 52.9 Å². The van der Waals surface area contributed by atoms with Crippen molar-refractivity contribution in [3.8, 4) is 0 Å². The minimum absolute atomic E-state index is 0.204. The molecule has 0 aromatic heterocycles. The molecule has 3 amide bonds. The van der Waals surface area contributed by atoms with Crippen LogP contribution in [0, 0.1) is 6.92 Å². The van der Waals surface area contributed by atoms with Gasteiger partial charge in [0.25, 0.3) is 11.8 Å². The van der Waals surface area contributed by atoms with Crippen LogP contribution < -0.4 is 0 Å². The number of piperidine rings is 1. The predicted molar refractivity (Wildman–Crippen MR) is 121 cm³/mol. The van der Waals surface area contributed by atoms with E-state index in [0.29, 0.717) is 43.8 Å². The molecule has 32 heavy (non-hydrogen) atoms. The molecule has 3 aliphatic heterocycles. The molecular formula is C24H32N4O4. The minimum Gasteiger partial charge on any atom is -0.450 e. The Labute approximate surface area is 189 Å². The van der Waals surface area contributed by atoms with Crippen LogP contribution in [-0.2, 0) is 14.3 Å².